The zero-order valence-electron chi connectivity index (χ0n) is 44.6. The largest absolute Gasteiger partial charge is 0.403 e. The fourth-order valence-electron chi connectivity index (χ4n) is 11.5. The van der Waals surface area contributed by atoms with Crippen LogP contribution in [-0.2, 0) is 35.2 Å². The third-order valence-electron chi connectivity index (χ3n) is 16.1. The van der Waals surface area contributed by atoms with Gasteiger partial charge in [-0.1, -0.05) is 69.3 Å². The Labute approximate surface area is 447 Å². The number of nitrogens with one attached hydrogen (secondary N) is 2. The van der Waals surface area contributed by atoms with Crippen molar-refractivity contribution in [2.45, 2.75) is 153 Å². The molecule has 0 unspecified atom stereocenters. The van der Waals surface area contributed by atoms with Crippen LogP contribution >= 0.6 is 11.6 Å². The van der Waals surface area contributed by atoms with E-state index in [1.54, 1.807) is 32.0 Å². The van der Waals surface area contributed by atoms with E-state index in [-0.39, 0.29) is 37.6 Å². The zero-order valence-corrected chi connectivity index (χ0v) is 45.3. The maximum absolute atomic E-state index is 15.0. The first-order valence-corrected chi connectivity index (χ1v) is 27.4. The molecule has 0 radical (unpaired) electrons. The number of rotatable bonds is 13. The highest BCUT2D eigenvalue weighted by molar-refractivity contribution is 6.30. The molecule has 0 bridgehead atoms. The van der Waals surface area contributed by atoms with Crippen LogP contribution < -0.4 is 15.5 Å². The normalized spacial score (nSPS) is 25.8. The van der Waals surface area contributed by atoms with Gasteiger partial charge in [0.05, 0.1) is 6.54 Å². The number of likely N-dealkylation sites (N-methyl/N-ethyl adjacent to an activating group) is 4. The van der Waals surface area contributed by atoms with Gasteiger partial charge in [0.25, 0.3) is 5.92 Å². The summed E-state index contributed by atoms with van der Waals surface area (Å²) >= 11 is 6.66. The summed E-state index contributed by atoms with van der Waals surface area (Å²) in [7, 11) is 5.38. The summed E-state index contributed by atoms with van der Waals surface area (Å²) in [6.45, 7) is 8.61. The lowest BCUT2D eigenvalue weighted by Crippen LogP contribution is -2.65. The average Bonchev–Trinajstić information content (AvgIpc) is 4.13. The number of anilines is 1. The molecule has 2 aromatic carbocycles. The molecule has 14 nitrogen and oxygen atoms in total. The second-order valence-electron chi connectivity index (χ2n) is 22.4. The summed E-state index contributed by atoms with van der Waals surface area (Å²) in [5, 5.41) is 6.00. The van der Waals surface area contributed by atoms with Gasteiger partial charge in [-0.3, -0.25) is 28.8 Å². The third-order valence-corrected chi connectivity index (χ3v) is 16.4. The number of alkyl halides is 6. The first-order valence-electron chi connectivity index (χ1n) is 27.0. The number of halogens is 7. The van der Waals surface area contributed by atoms with Crippen molar-refractivity contribution in [2.24, 2.45) is 17.3 Å². The van der Waals surface area contributed by atoms with Gasteiger partial charge in [0, 0.05) is 89.8 Å². The Morgan fingerprint density at radius 2 is 1.51 bits per heavy atom. The number of nitrogens with zero attached hydrogens (tertiary/aromatic N) is 6. The van der Waals surface area contributed by atoms with Gasteiger partial charge in [0.15, 0.2) is 5.41 Å². The lowest BCUT2D eigenvalue weighted by atomic mass is 9.64. The molecule has 5 fully saturated rings. The average molecular weight is 1090 g/mol. The SMILES string of the molecule is CCN(C(=O)[C@@H](NC(=O)[C@@H]1C[C@@H](F)CN1C(=O)C1(C(F)(F)F)CC(F)(F)C1)C1CC1)[C@H]1CCCCCCCN(C)C(=O)[C@H](Cc2cc(Cl)ccc2-c2ccc(N3CCN(C)CC3)cc2)N(C)C(=O)[C@H](CC(C)C)NC1=O. The predicted molar refractivity (Wildman–Crippen MR) is 277 cm³/mol. The van der Waals surface area contributed by atoms with E-state index in [2.05, 4.69) is 39.6 Å². The summed E-state index contributed by atoms with van der Waals surface area (Å²) in [5.74, 6) is -9.44. The first kappa shape index (κ1) is 58.6. The maximum Gasteiger partial charge on any atom is 0.403 e. The van der Waals surface area contributed by atoms with E-state index in [9.17, 15) is 45.9 Å². The number of amides is 6. The van der Waals surface area contributed by atoms with Crippen LogP contribution in [-0.4, -0.2) is 175 Å². The summed E-state index contributed by atoms with van der Waals surface area (Å²) in [6, 6.07) is 7.28. The molecule has 2 aliphatic carbocycles. The second-order valence-corrected chi connectivity index (χ2v) is 22.8. The number of hydrogen-bond donors (Lipinski definition) is 2. The second kappa shape index (κ2) is 24.3. The Bertz CT molecular complexity index is 2410. The molecule has 3 saturated heterocycles. The first-order chi connectivity index (χ1) is 35.8. The molecule has 3 heterocycles. The van der Waals surface area contributed by atoms with Crippen molar-refractivity contribution in [3.63, 3.8) is 0 Å². The fraction of sp³-hybridized carbons (Fsp3) is 0.673. The molecule has 2 aromatic rings. The van der Waals surface area contributed by atoms with E-state index in [1.807, 2.05) is 38.1 Å². The number of carbonyl (C=O) groups is 6. The minimum absolute atomic E-state index is 0.0366. The van der Waals surface area contributed by atoms with Crippen LogP contribution in [0.4, 0.5) is 32.0 Å². The molecule has 76 heavy (non-hydrogen) atoms. The molecule has 5 aliphatic rings. The van der Waals surface area contributed by atoms with Crippen LogP contribution in [0.1, 0.15) is 103 Å². The Hall–Kier alpha value is -5.11. The highest BCUT2D eigenvalue weighted by Crippen LogP contribution is 2.61. The molecule has 21 heteroatoms. The van der Waals surface area contributed by atoms with Gasteiger partial charge in [0.1, 0.15) is 36.4 Å². The summed E-state index contributed by atoms with van der Waals surface area (Å²) < 4.78 is 86.0. The van der Waals surface area contributed by atoms with Crippen molar-refractivity contribution in [2.75, 3.05) is 71.9 Å². The van der Waals surface area contributed by atoms with Gasteiger partial charge in [-0.25, -0.2) is 13.2 Å². The van der Waals surface area contributed by atoms with E-state index in [0.29, 0.717) is 48.6 Å². The number of carbonyl (C=O) groups excluding carboxylic acids is 6. The molecule has 6 atom stereocenters. The third kappa shape index (κ3) is 13.4. The van der Waals surface area contributed by atoms with Crippen LogP contribution in [0.3, 0.4) is 0 Å². The van der Waals surface area contributed by atoms with E-state index in [4.69, 9.17) is 11.6 Å². The maximum atomic E-state index is 15.0. The van der Waals surface area contributed by atoms with Crippen LogP contribution in [0.25, 0.3) is 11.1 Å². The van der Waals surface area contributed by atoms with Crippen molar-refractivity contribution >= 4 is 52.7 Å². The molecular formula is C55H75ClF6N8O6. The van der Waals surface area contributed by atoms with Gasteiger partial charge < -0.3 is 40.0 Å². The number of piperazine rings is 1. The molecule has 0 spiro atoms. The van der Waals surface area contributed by atoms with Crippen LogP contribution in [0.5, 0.6) is 0 Å². The Morgan fingerprint density at radius 3 is 2.12 bits per heavy atom. The molecule has 7 rings (SSSR count). The lowest BCUT2D eigenvalue weighted by molar-refractivity contribution is -0.299. The van der Waals surface area contributed by atoms with Gasteiger partial charge in [-0.15, -0.1) is 0 Å². The van der Waals surface area contributed by atoms with E-state index < -0.39 is 115 Å². The molecule has 2 N–H and O–H groups in total. The molecule has 3 aliphatic heterocycles. The van der Waals surface area contributed by atoms with Gasteiger partial charge in [-0.05, 0) is 98.9 Å². The van der Waals surface area contributed by atoms with E-state index >= 15 is 9.18 Å². The van der Waals surface area contributed by atoms with Crippen LogP contribution in [0, 0.1) is 17.3 Å². The molecular weight excluding hydrogens is 1020 g/mol. The molecule has 420 valence electrons. The summed E-state index contributed by atoms with van der Waals surface area (Å²) in [5.41, 5.74) is 0.0978. The number of likely N-dealkylation sites (tertiary alicyclic amines) is 1. The topological polar surface area (TPSA) is 146 Å². The standard InChI is InChI=1S/C55H75ClF6N8O6/c1-7-69(51(75)46(36-14-15-36)64-48(72)44-30-39(57)31-70(44)52(76)53(55(60,61)62)32-54(58,59)33-53)43-13-11-9-8-10-12-22-66(5)50(74)45(67(6)49(73)42(27-34(2)3)63-47(43)71)29-37-28-38(56)18-21-41(37)35-16-19-40(20-17-35)68-25-23-65(4)24-26-68/h16-21,28,34,36,39,42-46H,7-15,22-27,29-33H2,1-6H3,(H,63,71)(H,64,72)/t39-,42+,43+,44+,45+,46+/m1/s1. The van der Waals surface area contributed by atoms with E-state index in [1.165, 1.54) is 9.80 Å². The quantitative estimate of drug-likeness (QED) is 0.196. The van der Waals surface area contributed by atoms with Gasteiger partial charge >= 0.3 is 6.18 Å². The minimum Gasteiger partial charge on any atom is -0.369 e. The Morgan fingerprint density at radius 1 is 0.868 bits per heavy atom. The van der Waals surface area contributed by atoms with E-state index in [0.717, 1.165) is 61.4 Å². The van der Waals surface area contributed by atoms with Crippen LogP contribution in [0.15, 0.2) is 42.5 Å². The summed E-state index contributed by atoms with van der Waals surface area (Å²) in [6.07, 6.45) is -7.04. The Balaban J connectivity index is 1.13. The van der Waals surface area contributed by atoms with Crippen molar-refractivity contribution in [1.29, 1.82) is 0 Å². The smallest absolute Gasteiger partial charge is 0.369 e. The lowest BCUT2D eigenvalue weighted by Gasteiger charge is -2.48. The zero-order chi connectivity index (χ0) is 55.4. The minimum atomic E-state index is -5.40. The summed E-state index contributed by atoms with van der Waals surface area (Å²) in [4.78, 5) is 96.4. The molecule has 6 amide bonds. The Kier molecular flexibility index (Phi) is 18.7. The molecule has 0 aromatic heterocycles. The van der Waals surface area contributed by atoms with Crippen molar-refractivity contribution in [3.05, 3.63) is 53.1 Å². The van der Waals surface area contributed by atoms with Gasteiger partial charge in [-0.2, -0.15) is 13.2 Å². The van der Waals surface area contributed by atoms with Gasteiger partial charge in [0.2, 0.25) is 35.4 Å². The van der Waals surface area contributed by atoms with Crippen LogP contribution in [0.2, 0.25) is 5.02 Å². The fourth-order valence-corrected chi connectivity index (χ4v) is 11.7. The predicted octanol–water partition coefficient (Wildman–Crippen LogP) is 7.50. The molecule has 2 saturated carbocycles. The van der Waals surface area contributed by atoms with Crippen molar-refractivity contribution in [1.82, 2.24) is 35.1 Å². The number of benzene rings is 2. The highest BCUT2D eigenvalue weighted by atomic mass is 35.5. The monoisotopic (exact) mass is 1090 g/mol. The van der Waals surface area contributed by atoms with Crippen molar-refractivity contribution in [3.8, 4) is 11.1 Å². The highest BCUT2D eigenvalue weighted by Gasteiger charge is 2.75. The van der Waals surface area contributed by atoms with Crippen molar-refractivity contribution < 1.29 is 55.1 Å². The number of hydrogen-bond acceptors (Lipinski definition) is 8.